The first-order chi connectivity index (χ1) is 9.19. The number of nitrogens with one attached hydrogen (secondary N) is 1. The van der Waals surface area contributed by atoms with Gasteiger partial charge in [0.05, 0.1) is 0 Å². The van der Waals surface area contributed by atoms with Crippen LogP contribution < -0.4 is 5.32 Å². The Morgan fingerprint density at radius 2 is 2.00 bits per heavy atom. The Morgan fingerprint density at radius 3 is 2.58 bits per heavy atom. The summed E-state index contributed by atoms with van der Waals surface area (Å²) in [6, 6.07) is -0.638. The highest BCUT2D eigenvalue weighted by atomic mass is 16.2. The normalized spacial score (nSPS) is 29.2. The highest BCUT2D eigenvalue weighted by Crippen LogP contribution is 2.31. The first kappa shape index (κ1) is 14.1. The molecule has 0 radical (unpaired) electrons. The highest BCUT2D eigenvalue weighted by Gasteiger charge is 2.43. The van der Waals surface area contributed by atoms with Crippen molar-refractivity contribution in [2.45, 2.75) is 57.5 Å². The van der Waals surface area contributed by atoms with E-state index in [0.29, 0.717) is 18.9 Å². The summed E-state index contributed by atoms with van der Waals surface area (Å²) in [6.45, 7) is 6.12. The van der Waals surface area contributed by atoms with Gasteiger partial charge in [0.15, 0.2) is 0 Å². The van der Waals surface area contributed by atoms with E-state index in [9.17, 15) is 9.59 Å². The minimum absolute atomic E-state index is 0.0280. The summed E-state index contributed by atoms with van der Waals surface area (Å²) in [4.78, 5) is 26.5. The smallest absolute Gasteiger partial charge is 0.246 e. The number of nitrogens with zero attached hydrogens (tertiary/aromatic N) is 1. The maximum atomic E-state index is 12.4. The van der Waals surface area contributed by atoms with E-state index in [1.54, 1.807) is 11.0 Å². The lowest BCUT2D eigenvalue weighted by molar-refractivity contribution is -0.151. The van der Waals surface area contributed by atoms with Crippen molar-refractivity contribution >= 4 is 11.8 Å². The van der Waals surface area contributed by atoms with Crippen LogP contribution in [0.25, 0.3) is 0 Å². The predicted octanol–water partition coefficient (Wildman–Crippen LogP) is 1.86. The Morgan fingerprint density at radius 1 is 1.32 bits per heavy atom. The lowest BCUT2D eigenvalue weighted by atomic mass is 9.81. The van der Waals surface area contributed by atoms with E-state index in [2.05, 4.69) is 11.9 Å². The van der Waals surface area contributed by atoms with Crippen molar-refractivity contribution in [3.8, 4) is 0 Å². The van der Waals surface area contributed by atoms with E-state index in [0.717, 1.165) is 12.8 Å². The van der Waals surface area contributed by atoms with Crippen LogP contribution >= 0.6 is 0 Å². The molecule has 1 saturated carbocycles. The number of piperazine rings is 1. The van der Waals surface area contributed by atoms with E-state index in [4.69, 9.17) is 0 Å². The Balaban J connectivity index is 2.19. The summed E-state index contributed by atoms with van der Waals surface area (Å²) < 4.78 is 0. The number of rotatable bonds is 4. The van der Waals surface area contributed by atoms with Gasteiger partial charge in [0.1, 0.15) is 12.1 Å². The predicted molar refractivity (Wildman–Crippen MR) is 74.5 cm³/mol. The minimum Gasteiger partial charge on any atom is -0.343 e. The monoisotopic (exact) mass is 264 g/mol. The molecular weight excluding hydrogens is 240 g/mol. The minimum atomic E-state index is -0.354. The molecular formula is C15H24N2O2. The summed E-state index contributed by atoms with van der Waals surface area (Å²) >= 11 is 0. The molecule has 4 nitrogen and oxygen atoms in total. The standard InChI is InChI=1S/C15H24N2O2/c1-3-10-17-13(11-8-6-5-7-9-11)14(18)16-12(4-2)15(17)19/h3,11-13H,1,4-10H2,2H3,(H,16,18). The third-order valence-electron chi connectivity index (χ3n) is 4.33. The number of carbonyl (C=O) groups excluding carboxylic acids is 2. The summed E-state index contributed by atoms with van der Waals surface area (Å²) in [7, 11) is 0. The maximum Gasteiger partial charge on any atom is 0.246 e. The highest BCUT2D eigenvalue weighted by molar-refractivity contribution is 5.97. The quantitative estimate of drug-likeness (QED) is 0.788. The van der Waals surface area contributed by atoms with Crippen molar-refractivity contribution in [1.29, 1.82) is 0 Å². The molecule has 1 saturated heterocycles. The van der Waals surface area contributed by atoms with Gasteiger partial charge in [0, 0.05) is 6.54 Å². The third-order valence-corrected chi connectivity index (χ3v) is 4.33. The van der Waals surface area contributed by atoms with Gasteiger partial charge in [-0.05, 0) is 25.2 Å². The van der Waals surface area contributed by atoms with E-state index in [1.807, 2.05) is 6.92 Å². The van der Waals surface area contributed by atoms with Crippen molar-refractivity contribution < 1.29 is 9.59 Å². The van der Waals surface area contributed by atoms with Crippen LogP contribution in [0.2, 0.25) is 0 Å². The number of hydrogen-bond acceptors (Lipinski definition) is 2. The number of amides is 2. The summed E-state index contributed by atoms with van der Waals surface area (Å²) in [5.74, 6) is 0.397. The Kier molecular flexibility index (Phi) is 4.61. The molecule has 1 N–H and O–H groups in total. The maximum absolute atomic E-state index is 12.4. The van der Waals surface area contributed by atoms with Crippen LogP contribution in [0.4, 0.5) is 0 Å². The van der Waals surface area contributed by atoms with Crippen molar-refractivity contribution in [3.05, 3.63) is 12.7 Å². The van der Waals surface area contributed by atoms with Crippen molar-refractivity contribution in [1.82, 2.24) is 10.2 Å². The number of carbonyl (C=O) groups is 2. The van der Waals surface area contributed by atoms with Crippen LogP contribution in [0.3, 0.4) is 0 Å². The van der Waals surface area contributed by atoms with Crippen molar-refractivity contribution in [2.24, 2.45) is 5.92 Å². The van der Waals surface area contributed by atoms with Crippen LogP contribution in [0, 0.1) is 5.92 Å². The van der Waals surface area contributed by atoms with Crippen LogP contribution in [0.1, 0.15) is 45.4 Å². The molecule has 1 heterocycles. The first-order valence-electron chi connectivity index (χ1n) is 7.40. The molecule has 2 rings (SSSR count). The Labute approximate surface area is 115 Å². The van der Waals surface area contributed by atoms with Crippen LogP contribution in [-0.4, -0.2) is 35.3 Å². The van der Waals surface area contributed by atoms with Crippen molar-refractivity contribution in [3.63, 3.8) is 0 Å². The summed E-state index contributed by atoms with van der Waals surface area (Å²) in [6.07, 6.45) is 8.06. The fourth-order valence-corrected chi connectivity index (χ4v) is 3.34. The average molecular weight is 264 g/mol. The average Bonchev–Trinajstić information content (AvgIpc) is 2.44. The molecule has 19 heavy (non-hydrogen) atoms. The van der Waals surface area contributed by atoms with E-state index < -0.39 is 0 Å². The van der Waals surface area contributed by atoms with Gasteiger partial charge < -0.3 is 10.2 Å². The molecule has 106 valence electrons. The van der Waals surface area contributed by atoms with Gasteiger partial charge in [-0.3, -0.25) is 9.59 Å². The van der Waals surface area contributed by atoms with Crippen LogP contribution in [0.15, 0.2) is 12.7 Å². The molecule has 2 aliphatic rings. The third kappa shape index (κ3) is 2.82. The molecule has 2 amide bonds. The fraction of sp³-hybridized carbons (Fsp3) is 0.733. The summed E-state index contributed by atoms with van der Waals surface area (Å²) in [5.41, 5.74) is 0. The molecule has 0 spiro atoms. The van der Waals surface area contributed by atoms with Crippen LogP contribution in [0.5, 0.6) is 0 Å². The molecule has 0 aromatic heterocycles. The topological polar surface area (TPSA) is 49.4 Å². The molecule has 2 atom stereocenters. The molecule has 4 heteroatoms. The van der Waals surface area contributed by atoms with Gasteiger partial charge in [0.2, 0.25) is 11.8 Å². The molecule has 2 fully saturated rings. The van der Waals surface area contributed by atoms with Crippen LogP contribution in [-0.2, 0) is 9.59 Å². The summed E-state index contributed by atoms with van der Waals surface area (Å²) in [5, 5.41) is 2.89. The second-order valence-corrected chi connectivity index (χ2v) is 5.59. The lowest BCUT2D eigenvalue weighted by Gasteiger charge is -2.43. The molecule has 2 unspecified atom stereocenters. The largest absolute Gasteiger partial charge is 0.343 e. The second-order valence-electron chi connectivity index (χ2n) is 5.59. The first-order valence-corrected chi connectivity index (χ1v) is 7.40. The Bertz CT molecular complexity index is 361. The molecule has 0 aromatic carbocycles. The van der Waals surface area contributed by atoms with Gasteiger partial charge >= 0.3 is 0 Å². The van der Waals surface area contributed by atoms with Gasteiger partial charge in [0.25, 0.3) is 0 Å². The van der Waals surface area contributed by atoms with Gasteiger partial charge in [-0.2, -0.15) is 0 Å². The zero-order valence-corrected chi connectivity index (χ0v) is 11.7. The molecule has 0 aromatic rings. The lowest BCUT2D eigenvalue weighted by Crippen LogP contribution is -2.65. The van der Waals surface area contributed by atoms with Gasteiger partial charge in [-0.15, -0.1) is 6.58 Å². The van der Waals surface area contributed by atoms with Gasteiger partial charge in [-0.1, -0.05) is 32.3 Å². The molecule has 1 aliphatic heterocycles. The fourth-order valence-electron chi connectivity index (χ4n) is 3.34. The second kappa shape index (κ2) is 6.22. The van der Waals surface area contributed by atoms with E-state index in [-0.39, 0.29) is 23.9 Å². The SMILES string of the molecule is C=CCN1C(=O)C(CC)NC(=O)C1C1CCCCC1. The van der Waals surface area contributed by atoms with E-state index in [1.165, 1.54) is 19.3 Å². The molecule has 0 bridgehead atoms. The van der Waals surface area contributed by atoms with E-state index >= 15 is 0 Å². The zero-order chi connectivity index (χ0) is 13.8. The zero-order valence-electron chi connectivity index (χ0n) is 11.7. The molecule has 1 aliphatic carbocycles. The Hall–Kier alpha value is -1.32. The number of hydrogen-bond donors (Lipinski definition) is 1. The van der Waals surface area contributed by atoms with Crippen molar-refractivity contribution in [2.75, 3.05) is 6.54 Å². The van der Waals surface area contributed by atoms with Gasteiger partial charge in [-0.25, -0.2) is 0 Å².